The molecule has 0 radical (unpaired) electrons. The van der Waals surface area contributed by atoms with Gasteiger partial charge in [0, 0.05) is 12.1 Å². The molecule has 0 aromatic carbocycles. The van der Waals surface area contributed by atoms with Crippen molar-refractivity contribution in [1.82, 2.24) is 4.90 Å². The smallest absolute Gasteiger partial charge is 0.0672 e. The highest BCUT2D eigenvalue weighted by atomic mass is 15.2. The van der Waals surface area contributed by atoms with Gasteiger partial charge in [-0.15, -0.1) is 0 Å². The standard InChI is InChI=1S/C16H28N2/c1-3-6-13-9-10-14(12-17)16(11-13)18(2)15-7-4-5-8-15/h13-16H,3-11H2,1-2H3. The Kier molecular flexibility index (Phi) is 5.06. The first-order valence-corrected chi connectivity index (χ1v) is 7.87. The molecule has 0 saturated heterocycles. The molecule has 18 heavy (non-hydrogen) atoms. The van der Waals surface area contributed by atoms with E-state index >= 15 is 0 Å². The van der Waals surface area contributed by atoms with Crippen molar-refractivity contribution in [3.63, 3.8) is 0 Å². The molecular formula is C16H28N2. The van der Waals surface area contributed by atoms with Crippen molar-refractivity contribution in [2.45, 2.75) is 76.8 Å². The van der Waals surface area contributed by atoms with Crippen LogP contribution in [0.25, 0.3) is 0 Å². The zero-order valence-corrected chi connectivity index (χ0v) is 12.1. The van der Waals surface area contributed by atoms with Crippen LogP contribution in [-0.2, 0) is 0 Å². The van der Waals surface area contributed by atoms with Crippen LogP contribution in [0.1, 0.15) is 64.7 Å². The average Bonchev–Trinajstić information content (AvgIpc) is 2.92. The lowest BCUT2D eigenvalue weighted by atomic mass is 9.76. The minimum absolute atomic E-state index is 0.281. The Balaban J connectivity index is 1.98. The van der Waals surface area contributed by atoms with Crippen LogP contribution < -0.4 is 0 Å². The Morgan fingerprint density at radius 1 is 1.17 bits per heavy atom. The van der Waals surface area contributed by atoms with Crippen LogP contribution in [-0.4, -0.2) is 24.0 Å². The molecular weight excluding hydrogens is 220 g/mol. The number of rotatable bonds is 4. The summed E-state index contributed by atoms with van der Waals surface area (Å²) in [6, 6.07) is 3.87. The third kappa shape index (κ3) is 3.06. The Labute approximate surface area is 112 Å². The Bertz CT molecular complexity index is 288. The van der Waals surface area contributed by atoms with Gasteiger partial charge in [0.05, 0.1) is 12.0 Å². The van der Waals surface area contributed by atoms with Crippen LogP contribution >= 0.6 is 0 Å². The molecule has 3 unspecified atom stereocenters. The highest BCUT2D eigenvalue weighted by molar-refractivity contribution is 4.98. The molecule has 2 nitrogen and oxygen atoms in total. The van der Waals surface area contributed by atoms with E-state index in [1.165, 1.54) is 51.4 Å². The average molecular weight is 248 g/mol. The van der Waals surface area contributed by atoms with Crippen LogP contribution in [0, 0.1) is 23.2 Å². The minimum atomic E-state index is 0.281. The van der Waals surface area contributed by atoms with E-state index in [2.05, 4.69) is 24.9 Å². The van der Waals surface area contributed by atoms with Crippen LogP contribution in [0.4, 0.5) is 0 Å². The fourth-order valence-corrected chi connectivity index (χ4v) is 4.08. The van der Waals surface area contributed by atoms with Crippen molar-refractivity contribution >= 4 is 0 Å². The number of hydrogen-bond acceptors (Lipinski definition) is 2. The summed E-state index contributed by atoms with van der Waals surface area (Å²) in [5, 5.41) is 9.39. The van der Waals surface area contributed by atoms with Crippen LogP contribution in [0.3, 0.4) is 0 Å². The van der Waals surface area contributed by atoms with Gasteiger partial charge in [0.1, 0.15) is 0 Å². The monoisotopic (exact) mass is 248 g/mol. The van der Waals surface area contributed by atoms with Gasteiger partial charge in [-0.05, 0) is 45.1 Å². The molecule has 0 aromatic heterocycles. The van der Waals surface area contributed by atoms with Crippen molar-refractivity contribution in [2.24, 2.45) is 11.8 Å². The molecule has 0 heterocycles. The topological polar surface area (TPSA) is 27.0 Å². The Hall–Kier alpha value is -0.550. The molecule has 2 saturated carbocycles. The van der Waals surface area contributed by atoms with E-state index in [1.54, 1.807) is 0 Å². The van der Waals surface area contributed by atoms with Gasteiger partial charge in [-0.2, -0.15) is 5.26 Å². The molecule has 2 rings (SSSR count). The summed E-state index contributed by atoms with van der Waals surface area (Å²) in [5.74, 6) is 1.15. The Morgan fingerprint density at radius 3 is 2.50 bits per heavy atom. The van der Waals surface area contributed by atoms with Crippen molar-refractivity contribution in [1.29, 1.82) is 5.26 Å². The van der Waals surface area contributed by atoms with Gasteiger partial charge in [0.15, 0.2) is 0 Å². The first kappa shape index (κ1) is 13.9. The highest BCUT2D eigenvalue weighted by Crippen LogP contribution is 2.36. The molecule has 0 amide bonds. The third-order valence-electron chi connectivity index (χ3n) is 5.21. The summed E-state index contributed by atoms with van der Waals surface area (Å²) in [7, 11) is 2.28. The summed E-state index contributed by atoms with van der Waals surface area (Å²) in [6.07, 6.45) is 11.8. The molecule has 0 bridgehead atoms. The summed E-state index contributed by atoms with van der Waals surface area (Å²) in [5.41, 5.74) is 0. The molecule has 2 heteroatoms. The maximum atomic E-state index is 9.39. The molecule has 0 aliphatic heterocycles. The minimum Gasteiger partial charge on any atom is -0.299 e. The van der Waals surface area contributed by atoms with Crippen LogP contribution in [0.5, 0.6) is 0 Å². The number of nitriles is 1. The lowest BCUT2D eigenvalue weighted by Gasteiger charge is -2.41. The van der Waals surface area contributed by atoms with Gasteiger partial charge in [0.2, 0.25) is 0 Å². The van der Waals surface area contributed by atoms with Crippen LogP contribution in [0.15, 0.2) is 0 Å². The lowest BCUT2D eigenvalue weighted by molar-refractivity contribution is 0.0863. The van der Waals surface area contributed by atoms with E-state index in [4.69, 9.17) is 0 Å². The summed E-state index contributed by atoms with van der Waals surface area (Å²) >= 11 is 0. The normalized spacial score (nSPS) is 33.8. The quantitative estimate of drug-likeness (QED) is 0.752. The SMILES string of the molecule is CCCC1CCC(C#N)C(N(C)C2CCCC2)C1. The second-order valence-electron chi connectivity index (χ2n) is 6.37. The van der Waals surface area contributed by atoms with Crippen molar-refractivity contribution in [2.75, 3.05) is 7.05 Å². The summed E-state index contributed by atoms with van der Waals surface area (Å²) < 4.78 is 0. The van der Waals surface area contributed by atoms with Crippen molar-refractivity contribution < 1.29 is 0 Å². The molecule has 3 atom stereocenters. The second-order valence-corrected chi connectivity index (χ2v) is 6.37. The first-order chi connectivity index (χ1) is 8.76. The molecule has 2 aliphatic carbocycles. The number of hydrogen-bond donors (Lipinski definition) is 0. The molecule has 0 spiro atoms. The fraction of sp³-hybridized carbons (Fsp3) is 0.938. The van der Waals surface area contributed by atoms with Crippen molar-refractivity contribution in [3.05, 3.63) is 0 Å². The summed E-state index contributed by atoms with van der Waals surface area (Å²) in [6.45, 7) is 2.28. The van der Waals surface area contributed by atoms with E-state index in [9.17, 15) is 5.26 Å². The maximum absolute atomic E-state index is 9.39. The van der Waals surface area contributed by atoms with E-state index in [-0.39, 0.29) is 5.92 Å². The predicted molar refractivity (Wildman–Crippen MR) is 75.2 cm³/mol. The number of nitrogens with zero attached hydrogens (tertiary/aromatic N) is 2. The zero-order valence-electron chi connectivity index (χ0n) is 12.1. The molecule has 0 aromatic rings. The highest BCUT2D eigenvalue weighted by Gasteiger charge is 2.35. The lowest BCUT2D eigenvalue weighted by Crippen LogP contribution is -2.46. The van der Waals surface area contributed by atoms with E-state index in [0.717, 1.165) is 18.4 Å². The molecule has 2 aliphatic rings. The molecule has 102 valence electrons. The summed E-state index contributed by atoms with van der Waals surface area (Å²) in [4.78, 5) is 2.57. The van der Waals surface area contributed by atoms with Crippen LogP contribution in [0.2, 0.25) is 0 Å². The van der Waals surface area contributed by atoms with Gasteiger partial charge < -0.3 is 0 Å². The largest absolute Gasteiger partial charge is 0.299 e. The fourth-order valence-electron chi connectivity index (χ4n) is 4.08. The van der Waals surface area contributed by atoms with Gasteiger partial charge >= 0.3 is 0 Å². The van der Waals surface area contributed by atoms with Gasteiger partial charge in [0.25, 0.3) is 0 Å². The molecule has 2 fully saturated rings. The molecule has 0 N–H and O–H groups in total. The predicted octanol–water partition coefficient (Wildman–Crippen LogP) is 3.97. The van der Waals surface area contributed by atoms with E-state index < -0.39 is 0 Å². The van der Waals surface area contributed by atoms with E-state index in [0.29, 0.717) is 6.04 Å². The first-order valence-electron chi connectivity index (χ1n) is 7.87. The van der Waals surface area contributed by atoms with Gasteiger partial charge in [-0.3, -0.25) is 4.90 Å². The zero-order chi connectivity index (χ0) is 13.0. The Morgan fingerprint density at radius 2 is 1.89 bits per heavy atom. The second kappa shape index (κ2) is 6.57. The maximum Gasteiger partial charge on any atom is 0.0672 e. The van der Waals surface area contributed by atoms with Gasteiger partial charge in [-0.25, -0.2) is 0 Å². The van der Waals surface area contributed by atoms with Crippen molar-refractivity contribution in [3.8, 4) is 6.07 Å². The van der Waals surface area contributed by atoms with Gasteiger partial charge in [-0.1, -0.05) is 32.6 Å². The van der Waals surface area contributed by atoms with E-state index in [1.807, 2.05) is 0 Å². The third-order valence-corrected chi connectivity index (χ3v) is 5.21.